The third-order valence-electron chi connectivity index (χ3n) is 5.03. The number of fused-ring (bicyclic) bond motifs is 1. The highest BCUT2D eigenvalue weighted by atomic mass is 32.2. The maximum atomic E-state index is 12.8. The fraction of sp³-hybridized carbons (Fsp3) is 0.300. The summed E-state index contributed by atoms with van der Waals surface area (Å²) in [4.78, 5) is 14.8. The predicted molar refractivity (Wildman–Crippen MR) is 103 cm³/mol. The lowest BCUT2D eigenvalue weighted by Crippen LogP contribution is -2.45. The molecule has 0 aliphatic carbocycles. The second-order valence-corrected chi connectivity index (χ2v) is 8.51. The number of carbonyl (C=O) groups excluding carboxylic acids is 1. The number of sulfonamides is 1. The Morgan fingerprint density at radius 3 is 2.70 bits per heavy atom. The Morgan fingerprint density at radius 1 is 1.19 bits per heavy atom. The summed E-state index contributed by atoms with van der Waals surface area (Å²) >= 11 is 0. The quantitative estimate of drug-likeness (QED) is 0.882. The lowest BCUT2D eigenvalue weighted by atomic mass is 10.1. The zero-order valence-corrected chi connectivity index (χ0v) is 15.9. The van der Waals surface area contributed by atoms with E-state index in [0.717, 1.165) is 12.0 Å². The summed E-state index contributed by atoms with van der Waals surface area (Å²) in [5.41, 5.74) is 2.78. The maximum Gasteiger partial charge on any atom is 0.285 e. The Bertz CT molecular complexity index is 1010. The number of hydrogen-bond acceptors (Lipinski definition) is 4. The third kappa shape index (κ3) is 3.35. The Hall–Kier alpha value is -2.67. The zero-order valence-electron chi connectivity index (χ0n) is 15.1. The minimum Gasteiger partial charge on any atom is -0.350 e. The van der Waals surface area contributed by atoms with Crippen LogP contribution in [-0.4, -0.2) is 37.6 Å². The van der Waals surface area contributed by atoms with Gasteiger partial charge in [0.05, 0.1) is 0 Å². The molecule has 2 aliphatic rings. The van der Waals surface area contributed by atoms with Gasteiger partial charge in [0.2, 0.25) is 5.91 Å². The van der Waals surface area contributed by atoms with Gasteiger partial charge in [-0.05, 0) is 37.5 Å². The van der Waals surface area contributed by atoms with E-state index in [2.05, 4.69) is 9.71 Å². The number of nitrogens with zero attached hydrogens (tertiary/aromatic N) is 2. The first-order valence-electron chi connectivity index (χ1n) is 9.00. The summed E-state index contributed by atoms with van der Waals surface area (Å²) < 4.78 is 28.6. The van der Waals surface area contributed by atoms with Crippen LogP contribution in [0.5, 0.6) is 0 Å². The molecule has 2 aliphatic heterocycles. The molecule has 0 bridgehead atoms. The molecule has 7 heteroatoms. The molecule has 0 saturated carbocycles. The van der Waals surface area contributed by atoms with Gasteiger partial charge in [0, 0.05) is 18.7 Å². The van der Waals surface area contributed by atoms with Crippen LogP contribution in [0.15, 0.2) is 57.8 Å². The summed E-state index contributed by atoms with van der Waals surface area (Å²) in [7, 11) is -3.69. The molecule has 4 rings (SSSR count). The van der Waals surface area contributed by atoms with E-state index < -0.39 is 16.1 Å². The third-order valence-corrected chi connectivity index (χ3v) is 6.35. The maximum absolute atomic E-state index is 12.8. The molecule has 0 aromatic heterocycles. The van der Waals surface area contributed by atoms with Gasteiger partial charge in [-0.1, -0.05) is 42.0 Å². The number of benzene rings is 2. The molecule has 1 fully saturated rings. The number of hydrogen-bond donors (Lipinski definition) is 1. The van der Waals surface area contributed by atoms with E-state index in [-0.39, 0.29) is 10.8 Å². The minimum atomic E-state index is -3.69. The molecule has 0 spiro atoms. The molecule has 0 radical (unpaired) electrons. The van der Waals surface area contributed by atoms with Gasteiger partial charge in [0.15, 0.2) is 5.84 Å². The topological polar surface area (TPSA) is 78.8 Å². The highest BCUT2D eigenvalue weighted by molar-refractivity contribution is 7.90. The van der Waals surface area contributed by atoms with Gasteiger partial charge in [-0.15, -0.1) is 4.40 Å². The average Bonchev–Trinajstić information content (AvgIpc) is 3.24. The van der Waals surface area contributed by atoms with E-state index in [1.807, 2.05) is 36.1 Å². The standard InChI is InChI=1S/C20H21N3O3S/c1-14-8-10-15(11-9-14)13-21-20(24)17-6-4-12-23(17)19-16-5-2-3-7-18(16)27(25,26)22-19/h2-3,5,7-11,17H,4,6,12-13H2,1H3,(H,21,24)/t17-/m0/s1. The minimum absolute atomic E-state index is 0.0995. The molecule has 2 aromatic rings. The first-order chi connectivity index (χ1) is 13.0. The van der Waals surface area contributed by atoms with Crippen molar-refractivity contribution in [1.82, 2.24) is 10.2 Å². The fourth-order valence-corrected chi connectivity index (χ4v) is 4.82. The van der Waals surface area contributed by atoms with Crippen LogP contribution < -0.4 is 5.32 Å². The largest absolute Gasteiger partial charge is 0.350 e. The van der Waals surface area contributed by atoms with Crippen LogP contribution in [0.1, 0.15) is 29.5 Å². The number of aryl methyl sites for hydroxylation is 1. The number of likely N-dealkylation sites (tertiary alicyclic amines) is 1. The Kier molecular flexibility index (Phi) is 4.47. The van der Waals surface area contributed by atoms with Gasteiger partial charge < -0.3 is 10.2 Å². The van der Waals surface area contributed by atoms with Crippen LogP contribution in [0, 0.1) is 6.92 Å². The Labute approximate surface area is 159 Å². The molecule has 1 amide bonds. The van der Waals surface area contributed by atoms with Crippen LogP contribution in [0.25, 0.3) is 0 Å². The van der Waals surface area contributed by atoms with E-state index in [4.69, 9.17) is 0 Å². The summed E-state index contributed by atoms with van der Waals surface area (Å²) in [6.45, 7) is 3.09. The molecule has 27 heavy (non-hydrogen) atoms. The zero-order chi connectivity index (χ0) is 19.0. The van der Waals surface area contributed by atoms with Crippen molar-refractivity contribution in [3.8, 4) is 0 Å². The van der Waals surface area contributed by atoms with Crippen molar-refractivity contribution in [3.63, 3.8) is 0 Å². The van der Waals surface area contributed by atoms with Gasteiger partial charge in [-0.2, -0.15) is 8.42 Å². The molecular formula is C20H21N3O3S. The van der Waals surface area contributed by atoms with Gasteiger partial charge >= 0.3 is 0 Å². The lowest BCUT2D eigenvalue weighted by molar-refractivity contribution is -0.124. The number of amidine groups is 1. The summed E-state index contributed by atoms with van der Waals surface area (Å²) in [6.07, 6.45) is 1.50. The molecular weight excluding hydrogens is 362 g/mol. The molecule has 1 atom stereocenters. The highest BCUT2D eigenvalue weighted by Gasteiger charge is 2.39. The smallest absolute Gasteiger partial charge is 0.285 e. The SMILES string of the molecule is Cc1ccc(CNC(=O)[C@@H]2CCCN2C2=NS(=O)(=O)c3ccccc32)cc1. The monoisotopic (exact) mass is 383 g/mol. The predicted octanol–water partition coefficient (Wildman–Crippen LogP) is 2.22. The first-order valence-corrected chi connectivity index (χ1v) is 10.4. The second kappa shape index (κ2) is 6.81. The van der Waals surface area contributed by atoms with E-state index in [1.165, 1.54) is 5.56 Å². The van der Waals surface area contributed by atoms with Crippen LogP contribution in [0.3, 0.4) is 0 Å². The molecule has 2 aromatic carbocycles. The molecule has 1 saturated heterocycles. The van der Waals surface area contributed by atoms with Gasteiger partial charge in [-0.3, -0.25) is 4.79 Å². The number of rotatable bonds is 3. The molecule has 1 N–H and O–H groups in total. The second-order valence-electron chi connectivity index (χ2n) is 6.94. The first kappa shape index (κ1) is 17.7. The molecule has 140 valence electrons. The van der Waals surface area contributed by atoms with Crippen molar-refractivity contribution in [2.24, 2.45) is 4.40 Å². The lowest BCUT2D eigenvalue weighted by Gasteiger charge is -2.25. The van der Waals surface area contributed by atoms with E-state index in [9.17, 15) is 13.2 Å². The number of nitrogens with one attached hydrogen (secondary N) is 1. The van der Waals surface area contributed by atoms with Gasteiger partial charge in [0.1, 0.15) is 10.9 Å². The van der Waals surface area contributed by atoms with Crippen molar-refractivity contribution in [2.45, 2.75) is 37.2 Å². The van der Waals surface area contributed by atoms with Crippen molar-refractivity contribution in [2.75, 3.05) is 6.54 Å². The normalized spacial score (nSPS) is 20.3. The Morgan fingerprint density at radius 2 is 1.93 bits per heavy atom. The van der Waals surface area contributed by atoms with Gasteiger partial charge in [-0.25, -0.2) is 0 Å². The number of amides is 1. The molecule has 2 heterocycles. The van der Waals surface area contributed by atoms with Crippen LogP contribution >= 0.6 is 0 Å². The van der Waals surface area contributed by atoms with E-state index >= 15 is 0 Å². The van der Waals surface area contributed by atoms with E-state index in [0.29, 0.717) is 30.9 Å². The van der Waals surface area contributed by atoms with Gasteiger partial charge in [0.25, 0.3) is 10.0 Å². The Balaban J connectivity index is 1.53. The molecule has 6 nitrogen and oxygen atoms in total. The summed E-state index contributed by atoms with van der Waals surface area (Å²) in [6, 6.07) is 14.4. The van der Waals surface area contributed by atoms with Crippen LogP contribution in [0.2, 0.25) is 0 Å². The van der Waals surface area contributed by atoms with E-state index in [1.54, 1.807) is 24.3 Å². The van der Waals surface area contributed by atoms with Crippen molar-refractivity contribution >= 4 is 21.8 Å². The number of carbonyl (C=O) groups is 1. The summed E-state index contributed by atoms with van der Waals surface area (Å²) in [5, 5.41) is 2.97. The molecule has 0 unspecified atom stereocenters. The highest BCUT2D eigenvalue weighted by Crippen LogP contribution is 2.31. The van der Waals surface area contributed by atoms with Crippen molar-refractivity contribution in [1.29, 1.82) is 0 Å². The fourth-order valence-electron chi connectivity index (χ4n) is 3.60. The van der Waals surface area contributed by atoms with Crippen molar-refractivity contribution in [3.05, 3.63) is 65.2 Å². The van der Waals surface area contributed by atoms with Crippen molar-refractivity contribution < 1.29 is 13.2 Å². The average molecular weight is 383 g/mol. The van der Waals surface area contributed by atoms with Crippen LogP contribution in [-0.2, 0) is 21.4 Å². The van der Waals surface area contributed by atoms with Crippen LogP contribution in [0.4, 0.5) is 0 Å². The summed E-state index contributed by atoms with van der Waals surface area (Å²) in [5.74, 6) is 0.288.